The lowest BCUT2D eigenvalue weighted by Crippen LogP contribution is -2.28. The molecule has 2 N–H and O–H groups in total. The summed E-state index contributed by atoms with van der Waals surface area (Å²) in [6.45, 7) is 7.74. The number of fused-ring (bicyclic) bond motifs is 1. The molecule has 4 nitrogen and oxygen atoms in total. The molecule has 1 heterocycles. The number of furan rings is 1. The van der Waals surface area contributed by atoms with E-state index in [-0.39, 0.29) is 4.99 Å². The number of hydrogen-bond donors (Lipinski definition) is 1. The molecule has 5 heteroatoms. The lowest BCUT2D eigenvalue weighted by Gasteiger charge is -2.17. The second-order valence-corrected chi connectivity index (χ2v) is 4.94. The van der Waals surface area contributed by atoms with Gasteiger partial charge < -0.3 is 19.8 Å². The molecule has 1 aromatic carbocycles. The van der Waals surface area contributed by atoms with Gasteiger partial charge in [-0.05, 0) is 25.2 Å². The van der Waals surface area contributed by atoms with Crippen LogP contribution in [0.1, 0.15) is 19.6 Å². The summed E-state index contributed by atoms with van der Waals surface area (Å²) in [6.07, 6.45) is 0. The first kappa shape index (κ1) is 14.8. The van der Waals surface area contributed by atoms with Crippen molar-refractivity contribution in [2.45, 2.75) is 13.8 Å². The van der Waals surface area contributed by atoms with Crippen LogP contribution in [-0.4, -0.2) is 36.1 Å². The van der Waals surface area contributed by atoms with Gasteiger partial charge in [-0.25, -0.2) is 0 Å². The van der Waals surface area contributed by atoms with Gasteiger partial charge in [0.05, 0.1) is 5.39 Å². The summed E-state index contributed by atoms with van der Waals surface area (Å²) in [4.78, 5) is 2.52. The fourth-order valence-corrected chi connectivity index (χ4v) is 2.28. The summed E-state index contributed by atoms with van der Waals surface area (Å²) in [6, 6.07) is 7.69. The average Bonchev–Trinajstić information content (AvgIpc) is 2.83. The summed E-state index contributed by atoms with van der Waals surface area (Å²) in [5, 5.41) is 0.912. The highest BCUT2D eigenvalue weighted by atomic mass is 32.1. The minimum Gasteiger partial charge on any atom is -0.487 e. The molecule has 0 atom stereocenters. The Morgan fingerprint density at radius 2 is 2.00 bits per heavy atom. The third kappa shape index (κ3) is 3.11. The molecule has 2 aromatic rings. The molecule has 0 fully saturated rings. The molecule has 0 amide bonds. The second kappa shape index (κ2) is 6.72. The van der Waals surface area contributed by atoms with Crippen molar-refractivity contribution in [3.63, 3.8) is 0 Å². The van der Waals surface area contributed by atoms with E-state index in [2.05, 4.69) is 18.7 Å². The van der Waals surface area contributed by atoms with Gasteiger partial charge in [0.1, 0.15) is 17.2 Å². The van der Waals surface area contributed by atoms with Gasteiger partial charge in [0, 0.05) is 6.54 Å². The van der Waals surface area contributed by atoms with Crippen molar-refractivity contribution in [2.75, 3.05) is 26.2 Å². The van der Waals surface area contributed by atoms with Crippen LogP contribution in [-0.2, 0) is 0 Å². The first-order valence-electron chi connectivity index (χ1n) is 6.83. The monoisotopic (exact) mass is 292 g/mol. The van der Waals surface area contributed by atoms with Crippen LogP contribution in [0.2, 0.25) is 0 Å². The Morgan fingerprint density at radius 3 is 2.65 bits per heavy atom. The lowest BCUT2D eigenvalue weighted by atomic mass is 10.2. The summed E-state index contributed by atoms with van der Waals surface area (Å²) in [7, 11) is 0. The number of ether oxygens (including phenoxy) is 1. The van der Waals surface area contributed by atoms with Gasteiger partial charge in [0.2, 0.25) is 5.76 Å². The summed E-state index contributed by atoms with van der Waals surface area (Å²) < 4.78 is 11.5. The van der Waals surface area contributed by atoms with Crippen LogP contribution in [0.4, 0.5) is 0 Å². The van der Waals surface area contributed by atoms with Crippen LogP contribution >= 0.6 is 12.2 Å². The van der Waals surface area contributed by atoms with Crippen LogP contribution in [0, 0.1) is 0 Å². The van der Waals surface area contributed by atoms with Crippen LogP contribution in [0.5, 0.6) is 5.75 Å². The zero-order valence-corrected chi connectivity index (χ0v) is 12.7. The van der Waals surface area contributed by atoms with E-state index in [1.165, 1.54) is 0 Å². The lowest BCUT2D eigenvalue weighted by molar-refractivity contribution is 0.222. The minimum absolute atomic E-state index is 0.221. The summed E-state index contributed by atoms with van der Waals surface area (Å²) >= 11 is 5.03. The molecule has 0 aliphatic carbocycles. The van der Waals surface area contributed by atoms with Gasteiger partial charge in [0.15, 0.2) is 5.75 Å². The van der Waals surface area contributed by atoms with Gasteiger partial charge in [0.25, 0.3) is 0 Å². The van der Waals surface area contributed by atoms with E-state index in [0.717, 1.165) is 30.6 Å². The molecule has 0 spiro atoms. The van der Waals surface area contributed by atoms with Crippen molar-refractivity contribution in [2.24, 2.45) is 5.73 Å². The van der Waals surface area contributed by atoms with Gasteiger partial charge in [-0.3, -0.25) is 0 Å². The van der Waals surface area contributed by atoms with Crippen molar-refractivity contribution in [1.29, 1.82) is 0 Å². The van der Waals surface area contributed by atoms with Crippen molar-refractivity contribution in [3.05, 3.63) is 30.0 Å². The number of hydrogen-bond acceptors (Lipinski definition) is 4. The maximum atomic E-state index is 5.88. The highest BCUT2D eigenvalue weighted by Crippen LogP contribution is 2.32. The Morgan fingerprint density at radius 1 is 1.30 bits per heavy atom. The fraction of sp³-hybridized carbons (Fsp3) is 0.400. The topological polar surface area (TPSA) is 51.6 Å². The van der Waals surface area contributed by atoms with Crippen molar-refractivity contribution < 1.29 is 9.15 Å². The number of benzene rings is 1. The quantitative estimate of drug-likeness (QED) is 0.795. The summed E-state index contributed by atoms with van der Waals surface area (Å²) in [5.74, 6) is 1.11. The Kier molecular flexibility index (Phi) is 4.98. The van der Waals surface area contributed by atoms with E-state index >= 15 is 0 Å². The standard InChI is InChI=1S/C15H20N2O2S/c1-3-17(4-2)9-10-18-13-11-7-5-6-8-12(11)19-14(13)15(16)20/h5-8H,3-4,9-10H2,1-2H3,(H2,16,20). The maximum absolute atomic E-state index is 5.88. The normalized spacial score (nSPS) is 11.2. The molecule has 0 bridgehead atoms. The molecular formula is C15H20N2O2S. The molecule has 2 rings (SSSR count). The molecule has 0 saturated carbocycles. The van der Waals surface area contributed by atoms with E-state index in [9.17, 15) is 0 Å². The Bertz CT molecular complexity index is 591. The van der Waals surface area contributed by atoms with Crippen LogP contribution in [0.3, 0.4) is 0 Å². The van der Waals surface area contributed by atoms with Crippen molar-refractivity contribution in [3.8, 4) is 5.75 Å². The molecule has 0 saturated heterocycles. The molecule has 1 aromatic heterocycles. The first-order valence-corrected chi connectivity index (χ1v) is 7.24. The van der Waals surface area contributed by atoms with Crippen molar-refractivity contribution >= 4 is 28.2 Å². The third-order valence-corrected chi connectivity index (χ3v) is 3.51. The van der Waals surface area contributed by atoms with Crippen LogP contribution < -0.4 is 10.5 Å². The number of para-hydroxylation sites is 1. The average molecular weight is 292 g/mol. The number of likely N-dealkylation sites (N-methyl/N-ethyl adjacent to an activating group) is 1. The molecule has 0 aliphatic rings. The highest BCUT2D eigenvalue weighted by Gasteiger charge is 2.17. The van der Waals surface area contributed by atoms with Gasteiger partial charge in [-0.2, -0.15) is 0 Å². The molecule has 108 valence electrons. The fourth-order valence-electron chi connectivity index (χ4n) is 2.14. The molecule has 0 radical (unpaired) electrons. The van der Waals surface area contributed by atoms with Crippen LogP contribution in [0.15, 0.2) is 28.7 Å². The molecular weight excluding hydrogens is 272 g/mol. The highest BCUT2D eigenvalue weighted by molar-refractivity contribution is 7.80. The Labute approximate surface area is 124 Å². The van der Waals surface area contributed by atoms with Crippen molar-refractivity contribution in [1.82, 2.24) is 4.90 Å². The Balaban J connectivity index is 2.19. The minimum atomic E-state index is 0.221. The predicted molar refractivity (Wildman–Crippen MR) is 85.4 cm³/mol. The van der Waals surface area contributed by atoms with Crippen LogP contribution in [0.25, 0.3) is 11.0 Å². The third-order valence-electron chi connectivity index (χ3n) is 3.32. The zero-order valence-electron chi connectivity index (χ0n) is 11.9. The number of rotatable bonds is 7. The number of nitrogens with two attached hydrogens (primary N) is 1. The predicted octanol–water partition coefficient (Wildman–Crippen LogP) is 2.79. The number of nitrogens with zero attached hydrogens (tertiary/aromatic N) is 1. The Hall–Kier alpha value is -1.59. The van der Waals surface area contributed by atoms with E-state index in [4.69, 9.17) is 27.1 Å². The van der Waals surface area contributed by atoms with Gasteiger partial charge >= 0.3 is 0 Å². The molecule has 20 heavy (non-hydrogen) atoms. The van der Waals surface area contributed by atoms with Gasteiger partial charge in [-0.1, -0.05) is 38.2 Å². The maximum Gasteiger partial charge on any atom is 0.204 e. The second-order valence-electron chi connectivity index (χ2n) is 4.50. The SMILES string of the molecule is CCN(CC)CCOc1c(C(N)=S)oc2ccccc12. The van der Waals surface area contributed by atoms with E-state index < -0.39 is 0 Å². The van der Waals surface area contributed by atoms with Gasteiger partial charge in [-0.15, -0.1) is 0 Å². The molecule has 0 unspecified atom stereocenters. The zero-order chi connectivity index (χ0) is 14.5. The summed E-state index contributed by atoms with van der Waals surface area (Å²) in [5.41, 5.74) is 6.45. The van der Waals surface area contributed by atoms with E-state index in [1.807, 2.05) is 24.3 Å². The van der Waals surface area contributed by atoms with E-state index in [1.54, 1.807) is 0 Å². The number of thiocarbonyl (C=S) groups is 1. The largest absolute Gasteiger partial charge is 0.487 e. The molecule has 0 aliphatic heterocycles. The first-order chi connectivity index (χ1) is 9.67. The van der Waals surface area contributed by atoms with E-state index in [0.29, 0.717) is 18.1 Å². The smallest absolute Gasteiger partial charge is 0.204 e.